The van der Waals surface area contributed by atoms with Crippen LogP contribution in [-0.2, 0) is 20.7 Å². The van der Waals surface area contributed by atoms with E-state index >= 15 is 0 Å². The summed E-state index contributed by atoms with van der Waals surface area (Å²) in [5.74, 6) is -0.491. The molecule has 0 unspecified atom stereocenters. The highest BCUT2D eigenvalue weighted by atomic mass is 16.5. The Bertz CT molecular complexity index is 1350. The minimum atomic E-state index is -0.658. The van der Waals surface area contributed by atoms with Crippen LogP contribution in [-0.4, -0.2) is 53.1 Å². The number of hydrogen-bond donors (Lipinski definition) is 0. The van der Waals surface area contributed by atoms with Crippen molar-refractivity contribution in [1.82, 2.24) is 14.5 Å². The molecule has 36 heavy (non-hydrogen) atoms. The molecule has 0 spiro atoms. The van der Waals surface area contributed by atoms with Crippen molar-refractivity contribution in [2.24, 2.45) is 0 Å². The van der Waals surface area contributed by atoms with Crippen molar-refractivity contribution >= 4 is 22.9 Å². The first-order valence-electron chi connectivity index (χ1n) is 11.3. The van der Waals surface area contributed by atoms with Crippen molar-refractivity contribution in [2.45, 2.75) is 25.7 Å². The SMILES string of the molecule is COc1ccc(-n2c(=O)c(CCC(=O)OCC(=O)N(CCC#N)CCC#N)nc3ccccc32)cc1. The number of nitrogens with zero attached hydrogens (tertiary/aromatic N) is 5. The number of methoxy groups -OCH3 is 1. The van der Waals surface area contributed by atoms with Crippen LogP contribution in [0.15, 0.2) is 53.3 Å². The van der Waals surface area contributed by atoms with Gasteiger partial charge in [-0.3, -0.25) is 19.0 Å². The summed E-state index contributed by atoms with van der Waals surface area (Å²) in [6, 6.07) is 18.1. The third-order valence-corrected chi connectivity index (χ3v) is 5.42. The van der Waals surface area contributed by atoms with Gasteiger partial charge < -0.3 is 14.4 Å². The second-order valence-electron chi connectivity index (χ2n) is 7.74. The molecule has 0 aliphatic heterocycles. The van der Waals surface area contributed by atoms with Gasteiger partial charge in [-0.25, -0.2) is 4.98 Å². The maximum atomic E-state index is 13.3. The standard InChI is InChI=1S/C26H25N5O5/c1-35-20-10-8-19(9-11-20)31-23-7-3-2-6-21(23)29-22(26(31)34)12-13-25(33)36-18-24(32)30(16-4-14-27)17-5-15-28/h2-3,6-11H,4-5,12-13,16-18H2,1H3. The molecular weight excluding hydrogens is 462 g/mol. The van der Waals surface area contributed by atoms with Crippen LogP contribution in [0, 0.1) is 22.7 Å². The number of para-hydroxylation sites is 2. The quantitative estimate of drug-likeness (QED) is 0.376. The van der Waals surface area contributed by atoms with Crippen molar-refractivity contribution in [1.29, 1.82) is 10.5 Å². The summed E-state index contributed by atoms with van der Waals surface area (Å²) in [5, 5.41) is 17.5. The molecule has 10 nitrogen and oxygen atoms in total. The van der Waals surface area contributed by atoms with Gasteiger partial charge in [0, 0.05) is 25.2 Å². The van der Waals surface area contributed by atoms with Crippen molar-refractivity contribution in [2.75, 3.05) is 26.8 Å². The predicted octanol–water partition coefficient (Wildman–Crippen LogP) is 2.53. The van der Waals surface area contributed by atoms with Crippen LogP contribution >= 0.6 is 0 Å². The number of amides is 1. The number of aryl methyl sites for hydroxylation is 1. The Hall–Kier alpha value is -4.70. The molecule has 0 bridgehead atoms. The van der Waals surface area contributed by atoms with Gasteiger partial charge in [0.05, 0.1) is 49.5 Å². The van der Waals surface area contributed by atoms with E-state index < -0.39 is 18.5 Å². The molecule has 1 heterocycles. The highest BCUT2D eigenvalue weighted by Crippen LogP contribution is 2.19. The summed E-state index contributed by atoms with van der Waals surface area (Å²) < 4.78 is 11.8. The van der Waals surface area contributed by atoms with Crippen LogP contribution in [0.1, 0.15) is 25.0 Å². The number of ether oxygens (including phenoxy) is 2. The van der Waals surface area contributed by atoms with E-state index in [0.717, 1.165) is 0 Å². The molecule has 3 rings (SSSR count). The van der Waals surface area contributed by atoms with E-state index in [1.54, 1.807) is 43.5 Å². The third-order valence-electron chi connectivity index (χ3n) is 5.42. The zero-order valence-electron chi connectivity index (χ0n) is 19.8. The second-order valence-corrected chi connectivity index (χ2v) is 7.74. The Balaban J connectivity index is 1.73. The molecule has 0 saturated heterocycles. The Morgan fingerprint density at radius 3 is 2.33 bits per heavy atom. The first kappa shape index (κ1) is 25.9. The molecule has 0 fully saturated rings. The molecule has 0 saturated carbocycles. The molecule has 3 aromatic rings. The smallest absolute Gasteiger partial charge is 0.306 e. The maximum Gasteiger partial charge on any atom is 0.306 e. The summed E-state index contributed by atoms with van der Waals surface area (Å²) >= 11 is 0. The average molecular weight is 488 g/mol. The molecule has 1 amide bonds. The highest BCUT2D eigenvalue weighted by Gasteiger charge is 2.17. The van der Waals surface area contributed by atoms with E-state index in [1.165, 1.54) is 9.47 Å². The Kier molecular flexibility index (Phi) is 9.12. The molecule has 184 valence electrons. The fraction of sp³-hybridized carbons (Fsp3) is 0.308. The molecule has 0 radical (unpaired) electrons. The number of fused-ring (bicyclic) bond motifs is 1. The average Bonchev–Trinajstić information content (AvgIpc) is 2.90. The molecule has 2 aromatic carbocycles. The van der Waals surface area contributed by atoms with Crippen molar-refractivity contribution < 1.29 is 19.1 Å². The van der Waals surface area contributed by atoms with Gasteiger partial charge in [0.25, 0.3) is 11.5 Å². The first-order chi connectivity index (χ1) is 17.5. The van der Waals surface area contributed by atoms with E-state index in [9.17, 15) is 14.4 Å². The number of hydrogen-bond acceptors (Lipinski definition) is 8. The highest BCUT2D eigenvalue weighted by molar-refractivity contribution is 5.81. The topological polar surface area (TPSA) is 138 Å². The van der Waals surface area contributed by atoms with Crippen molar-refractivity contribution in [3.8, 4) is 23.6 Å². The van der Waals surface area contributed by atoms with Crippen molar-refractivity contribution in [3.05, 3.63) is 64.6 Å². The number of aromatic nitrogens is 2. The monoisotopic (exact) mass is 487 g/mol. The first-order valence-corrected chi connectivity index (χ1v) is 11.3. The van der Waals surface area contributed by atoms with Gasteiger partial charge in [-0.15, -0.1) is 0 Å². The zero-order valence-corrected chi connectivity index (χ0v) is 19.8. The molecule has 0 N–H and O–H groups in total. The number of rotatable bonds is 11. The lowest BCUT2D eigenvalue weighted by Crippen LogP contribution is -2.36. The summed E-state index contributed by atoms with van der Waals surface area (Å²) in [6.45, 7) is -0.197. The minimum Gasteiger partial charge on any atom is -0.497 e. The number of carbonyl (C=O) groups excluding carboxylic acids is 2. The fourth-order valence-electron chi connectivity index (χ4n) is 3.59. The van der Waals surface area contributed by atoms with Gasteiger partial charge in [-0.2, -0.15) is 10.5 Å². The van der Waals surface area contributed by atoms with Gasteiger partial charge in [-0.1, -0.05) is 12.1 Å². The molecule has 10 heteroatoms. The van der Waals surface area contributed by atoms with Crippen LogP contribution in [0.25, 0.3) is 16.7 Å². The lowest BCUT2D eigenvalue weighted by Gasteiger charge is -2.20. The fourth-order valence-corrected chi connectivity index (χ4v) is 3.59. The summed E-state index contributed by atoms with van der Waals surface area (Å²) in [4.78, 5) is 43.7. The van der Waals surface area contributed by atoms with Gasteiger partial charge in [0.2, 0.25) is 0 Å². The van der Waals surface area contributed by atoms with Crippen LogP contribution in [0.5, 0.6) is 5.75 Å². The van der Waals surface area contributed by atoms with E-state index in [0.29, 0.717) is 22.5 Å². The largest absolute Gasteiger partial charge is 0.497 e. The molecule has 0 atom stereocenters. The minimum absolute atomic E-state index is 0.0272. The van der Waals surface area contributed by atoms with Crippen LogP contribution in [0.4, 0.5) is 0 Å². The number of esters is 1. The summed E-state index contributed by atoms with van der Waals surface area (Å²) in [5.41, 5.74) is 1.68. The van der Waals surface area contributed by atoms with Gasteiger partial charge in [-0.05, 0) is 36.4 Å². The van der Waals surface area contributed by atoms with Gasteiger partial charge in [0.1, 0.15) is 11.4 Å². The molecular formula is C26H25N5O5. The number of carbonyl (C=O) groups is 2. The van der Waals surface area contributed by atoms with Gasteiger partial charge in [0.15, 0.2) is 6.61 Å². The summed E-state index contributed by atoms with van der Waals surface area (Å²) in [7, 11) is 1.56. The molecule has 0 aliphatic carbocycles. The van der Waals surface area contributed by atoms with E-state index in [4.69, 9.17) is 20.0 Å². The van der Waals surface area contributed by atoms with E-state index in [1.807, 2.05) is 24.3 Å². The lowest BCUT2D eigenvalue weighted by molar-refractivity contribution is -0.152. The normalized spacial score (nSPS) is 10.3. The third kappa shape index (κ3) is 6.45. The Morgan fingerprint density at radius 1 is 1.03 bits per heavy atom. The molecule has 0 aliphatic rings. The number of benzene rings is 2. The number of nitriles is 2. The van der Waals surface area contributed by atoms with Crippen molar-refractivity contribution in [3.63, 3.8) is 0 Å². The molecule has 1 aromatic heterocycles. The zero-order chi connectivity index (χ0) is 25.9. The Morgan fingerprint density at radius 2 is 1.69 bits per heavy atom. The predicted molar refractivity (Wildman–Crippen MR) is 130 cm³/mol. The van der Waals surface area contributed by atoms with Crippen LogP contribution in [0.2, 0.25) is 0 Å². The van der Waals surface area contributed by atoms with Crippen LogP contribution < -0.4 is 10.3 Å². The summed E-state index contributed by atoms with van der Waals surface area (Å²) in [6.07, 6.45) is 0.102. The lowest BCUT2D eigenvalue weighted by atomic mass is 10.2. The van der Waals surface area contributed by atoms with Crippen LogP contribution in [0.3, 0.4) is 0 Å². The van der Waals surface area contributed by atoms with Gasteiger partial charge >= 0.3 is 5.97 Å². The second kappa shape index (κ2) is 12.7. The van der Waals surface area contributed by atoms with E-state index in [2.05, 4.69) is 4.98 Å². The van der Waals surface area contributed by atoms with E-state index in [-0.39, 0.29) is 50.0 Å². The maximum absolute atomic E-state index is 13.3. The Labute approximate surface area is 207 Å².